The maximum Gasteiger partial charge on any atom is 0.335 e. The van der Waals surface area contributed by atoms with Crippen LogP contribution in [0.15, 0.2) is 21.6 Å². The van der Waals surface area contributed by atoms with Gasteiger partial charge in [-0.2, -0.15) is 0 Å². The van der Waals surface area contributed by atoms with Gasteiger partial charge in [0.05, 0.1) is 10.5 Å². The molecular weight excluding hydrogens is 320 g/mol. The number of aromatic carboxylic acids is 1. The van der Waals surface area contributed by atoms with Crippen molar-refractivity contribution in [3.05, 3.63) is 40.3 Å². The molecule has 1 aliphatic carbocycles. The minimum absolute atomic E-state index is 0.0184. The van der Waals surface area contributed by atoms with Gasteiger partial charge >= 0.3 is 5.97 Å². The van der Waals surface area contributed by atoms with Gasteiger partial charge in [0.2, 0.25) is 0 Å². The van der Waals surface area contributed by atoms with Gasteiger partial charge in [0.1, 0.15) is 11.4 Å². The van der Waals surface area contributed by atoms with Crippen LogP contribution in [0, 0.1) is 13.8 Å². The van der Waals surface area contributed by atoms with Crippen LogP contribution < -0.4 is 4.72 Å². The van der Waals surface area contributed by atoms with Gasteiger partial charge in [0.25, 0.3) is 10.0 Å². The minimum atomic E-state index is -3.92. The maximum atomic E-state index is 12.8. The van der Waals surface area contributed by atoms with Gasteiger partial charge < -0.3 is 9.63 Å². The molecule has 0 fully saturated rings. The molecule has 0 unspecified atom stereocenters. The number of carboxylic acids is 1. The summed E-state index contributed by atoms with van der Waals surface area (Å²) in [5, 5.41) is 12.9. The number of nitrogens with zero attached hydrogens (tertiary/aromatic N) is 1. The Bertz CT molecular complexity index is 879. The summed E-state index contributed by atoms with van der Waals surface area (Å²) in [5.41, 5.74) is 2.16. The highest BCUT2D eigenvalue weighted by Crippen LogP contribution is 2.32. The van der Waals surface area contributed by atoms with E-state index in [-0.39, 0.29) is 16.1 Å². The molecule has 0 aliphatic heterocycles. The number of hydrogen-bond acceptors (Lipinski definition) is 5. The Morgan fingerprint density at radius 3 is 2.65 bits per heavy atom. The second kappa shape index (κ2) is 5.38. The number of carbonyl (C=O) groups is 1. The van der Waals surface area contributed by atoms with Crippen molar-refractivity contribution in [3.63, 3.8) is 0 Å². The van der Waals surface area contributed by atoms with Crippen molar-refractivity contribution < 1.29 is 22.8 Å². The van der Waals surface area contributed by atoms with Crippen LogP contribution in [0.25, 0.3) is 0 Å². The third-order valence-electron chi connectivity index (χ3n) is 3.98. The zero-order valence-corrected chi connectivity index (χ0v) is 13.5. The lowest BCUT2D eigenvalue weighted by Crippen LogP contribution is -2.17. The number of nitrogens with one attached hydrogen (secondary N) is 1. The van der Waals surface area contributed by atoms with E-state index in [0.29, 0.717) is 29.9 Å². The average Bonchev–Trinajstić information content (AvgIpc) is 3.07. The van der Waals surface area contributed by atoms with E-state index in [4.69, 9.17) is 4.52 Å². The largest absolute Gasteiger partial charge is 0.478 e. The topological polar surface area (TPSA) is 110 Å². The fourth-order valence-corrected chi connectivity index (χ4v) is 4.36. The summed E-state index contributed by atoms with van der Waals surface area (Å²) in [6.45, 7) is 3.24. The van der Waals surface area contributed by atoms with Crippen molar-refractivity contribution in [3.8, 4) is 0 Å². The predicted octanol–water partition coefficient (Wildman–Crippen LogP) is 2.28. The van der Waals surface area contributed by atoms with E-state index in [1.54, 1.807) is 19.9 Å². The third kappa shape index (κ3) is 2.70. The lowest BCUT2D eigenvalue weighted by atomic mass is 10.1. The molecule has 2 N–H and O–H groups in total. The fraction of sp³-hybridized carbons (Fsp3) is 0.333. The number of aromatic nitrogens is 1. The highest BCUT2D eigenvalue weighted by molar-refractivity contribution is 7.92. The molecule has 1 aromatic carbocycles. The van der Waals surface area contributed by atoms with Crippen LogP contribution in [0.1, 0.15) is 39.4 Å². The van der Waals surface area contributed by atoms with Crippen LogP contribution >= 0.6 is 0 Å². The highest BCUT2D eigenvalue weighted by Gasteiger charge is 2.27. The molecule has 0 atom stereocenters. The average molecular weight is 336 g/mol. The van der Waals surface area contributed by atoms with Crippen molar-refractivity contribution in [2.24, 2.45) is 0 Å². The van der Waals surface area contributed by atoms with Crippen LogP contribution in [0.5, 0.6) is 0 Å². The molecule has 0 saturated heterocycles. The Balaban J connectivity index is 2.12. The quantitative estimate of drug-likeness (QED) is 0.886. The standard InChI is InChI=1S/C15H16N2O5S/c1-8-14(9(2)22-16-8)17-23(20,21)13-7-11(15(18)19)6-10-4-3-5-12(10)13/h6-7,17H,3-5H2,1-2H3,(H,18,19). The molecule has 0 spiro atoms. The number of aryl methyl sites for hydroxylation is 3. The van der Waals surface area contributed by atoms with Gasteiger partial charge in [-0.15, -0.1) is 0 Å². The van der Waals surface area contributed by atoms with Crippen LogP contribution in [0.4, 0.5) is 5.69 Å². The molecule has 8 heteroatoms. The van der Waals surface area contributed by atoms with E-state index in [1.807, 2.05) is 0 Å². The van der Waals surface area contributed by atoms with Gasteiger partial charge in [-0.1, -0.05) is 5.16 Å². The number of sulfonamides is 1. The van der Waals surface area contributed by atoms with Crippen LogP contribution in [-0.4, -0.2) is 24.7 Å². The van der Waals surface area contributed by atoms with E-state index < -0.39 is 16.0 Å². The van der Waals surface area contributed by atoms with Crippen molar-refractivity contribution in [1.82, 2.24) is 5.16 Å². The van der Waals surface area contributed by atoms with Crippen LogP contribution in [0.3, 0.4) is 0 Å². The molecule has 0 amide bonds. The number of carboxylic acid groups (broad SMARTS) is 1. The first-order valence-electron chi connectivity index (χ1n) is 7.14. The molecular formula is C15H16N2O5S. The molecule has 1 heterocycles. The van der Waals surface area contributed by atoms with E-state index >= 15 is 0 Å². The van der Waals surface area contributed by atoms with E-state index in [9.17, 15) is 18.3 Å². The maximum absolute atomic E-state index is 12.8. The number of fused-ring (bicyclic) bond motifs is 1. The molecule has 2 aromatic rings. The van der Waals surface area contributed by atoms with Gasteiger partial charge in [-0.3, -0.25) is 4.72 Å². The Morgan fingerprint density at radius 2 is 2.04 bits per heavy atom. The smallest absolute Gasteiger partial charge is 0.335 e. The first kappa shape index (κ1) is 15.5. The second-order valence-corrected chi connectivity index (χ2v) is 7.23. The second-order valence-electron chi connectivity index (χ2n) is 5.58. The molecule has 0 bridgehead atoms. The number of benzene rings is 1. The highest BCUT2D eigenvalue weighted by atomic mass is 32.2. The van der Waals surface area contributed by atoms with Crippen LogP contribution in [-0.2, 0) is 22.9 Å². The molecule has 122 valence electrons. The fourth-order valence-electron chi connectivity index (χ4n) is 2.85. The van der Waals surface area contributed by atoms with Crippen molar-refractivity contribution in [2.45, 2.75) is 38.0 Å². The number of anilines is 1. The summed E-state index contributed by atoms with van der Waals surface area (Å²) in [7, 11) is -3.92. The Kier molecular flexibility index (Phi) is 3.63. The van der Waals surface area contributed by atoms with E-state index in [0.717, 1.165) is 12.0 Å². The molecule has 1 aromatic heterocycles. The SMILES string of the molecule is Cc1noc(C)c1NS(=O)(=O)c1cc(C(=O)O)cc2c1CCC2. The molecule has 7 nitrogen and oxygen atoms in total. The summed E-state index contributed by atoms with van der Waals surface area (Å²) in [4.78, 5) is 11.3. The van der Waals surface area contributed by atoms with Gasteiger partial charge in [0.15, 0.2) is 5.76 Å². The monoisotopic (exact) mass is 336 g/mol. The van der Waals surface area contributed by atoms with E-state index in [1.165, 1.54) is 6.07 Å². The zero-order chi connectivity index (χ0) is 16.8. The zero-order valence-electron chi connectivity index (χ0n) is 12.7. The Morgan fingerprint density at radius 1 is 1.30 bits per heavy atom. The number of rotatable bonds is 4. The normalized spacial score (nSPS) is 13.8. The third-order valence-corrected chi connectivity index (χ3v) is 5.40. The van der Waals surface area contributed by atoms with Gasteiger partial charge in [0, 0.05) is 0 Å². The van der Waals surface area contributed by atoms with Crippen LogP contribution in [0.2, 0.25) is 0 Å². The van der Waals surface area contributed by atoms with Gasteiger partial charge in [-0.05, 0) is 56.4 Å². The van der Waals surface area contributed by atoms with E-state index in [2.05, 4.69) is 9.88 Å². The molecule has 1 aliphatic rings. The lowest BCUT2D eigenvalue weighted by molar-refractivity contribution is 0.0696. The minimum Gasteiger partial charge on any atom is -0.478 e. The summed E-state index contributed by atoms with van der Waals surface area (Å²) < 4.78 is 33.0. The Labute approximate surface area is 133 Å². The van der Waals surface area contributed by atoms with Crippen molar-refractivity contribution in [2.75, 3.05) is 4.72 Å². The lowest BCUT2D eigenvalue weighted by Gasteiger charge is -2.12. The summed E-state index contributed by atoms with van der Waals surface area (Å²) in [5.74, 6) is -0.786. The number of hydrogen-bond donors (Lipinski definition) is 2. The molecule has 3 rings (SSSR count). The first-order valence-corrected chi connectivity index (χ1v) is 8.62. The summed E-state index contributed by atoms with van der Waals surface area (Å²) in [6, 6.07) is 2.77. The van der Waals surface area contributed by atoms with Crippen molar-refractivity contribution >= 4 is 21.7 Å². The predicted molar refractivity (Wildman–Crippen MR) is 82.2 cm³/mol. The summed E-state index contributed by atoms with van der Waals surface area (Å²) >= 11 is 0. The molecule has 0 radical (unpaired) electrons. The molecule has 23 heavy (non-hydrogen) atoms. The first-order chi connectivity index (χ1) is 10.8. The Hall–Kier alpha value is -2.35. The van der Waals surface area contributed by atoms with Crippen molar-refractivity contribution in [1.29, 1.82) is 0 Å². The summed E-state index contributed by atoms with van der Waals surface area (Å²) in [6.07, 6.45) is 2.11. The molecule has 0 saturated carbocycles. The van der Waals surface area contributed by atoms with Gasteiger partial charge in [-0.25, -0.2) is 13.2 Å².